The Bertz CT molecular complexity index is 457. The van der Waals surface area contributed by atoms with Gasteiger partial charge in [0.1, 0.15) is 11.6 Å². The smallest absolute Gasteiger partial charge is 0.408 e. The normalized spacial score (nSPS) is 14.6. The number of aromatic nitrogens is 2. The van der Waals surface area contributed by atoms with Crippen molar-refractivity contribution in [3.63, 3.8) is 0 Å². The average Bonchev–Trinajstić information content (AvgIpc) is 2.82. The largest absolute Gasteiger partial charge is 0.444 e. The van der Waals surface area contributed by atoms with Gasteiger partial charge in [0.25, 0.3) is 5.22 Å². The van der Waals surface area contributed by atoms with Crippen LogP contribution in [0.3, 0.4) is 0 Å². The van der Waals surface area contributed by atoms with E-state index in [1.54, 1.807) is 0 Å². The molecule has 1 amide bonds. The molecule has 0 fully saturated rings. The van der Waals surface area contributed by atoms with Crippen LogP contribution in [0.4, 0.5) is 4.79 Å². The second-order valence-corrected chi connectivity index (χ2v) is 7.06. The van der Waals surface area contributed by atoms with Crippen molar-refractivity contribution in [2.75, 3.05) is 5.75 Å². The van der Waals surface area contributed by atoms with Crippen LogP contribution in [-0.4, -0.2) is 27.6 Å². The molecule has 0 saturated heterocycles. The van der Waals surface area contributed by atoms with Gasteiger partial charge in [0.2, 0.25) is 5.89 Å². The summed E-state index contributed by atoms with van der Waals surface area (Å²) in [6.45, 7) is 11.6. The van der Waals surface area contributed by atoms with Crippen LogP contribution in [0.1, 0.15) is 59.9 Å². The van der Waals surface area contributed by atoms with Crippen LogP contribution in [0.25, 0.3) is 0 Å². The Labute approximate surface area is 130 Å². The number of rotatable bonds is 6. The molecule has 1 N–H and O–H groups in total. The zero-order valence-corrected chi connectivity index (χ0v) is 14.4. The SMILES string of the molecule is CCSc1nnc(C(NC(=O)OC(C)(C)C)C(C)CC)o1. The Balaban J connectivity index is 2.82. The molecular formula is C14H25N3O3S. The van der Waals surface area contributed by atoms with Crippen LogP contribution < -0.4 is 5.32 Å². The molecule has 1 heterocycles. The number of amides is 1. The van der Waals surface area contributed by atoms with Crippen LogP contribution in [0.15, 0.2) is 9.64 Å². The maximum absolute atomic E-state index is 12.0. The molecule has 7 heteroatoms. The van der Waals surface area contributed by atoms with Gasteiger partial charge in [-0.15, -0.1) is 10.2 Å². The van der Waals surface area contributed by atoms with Crippen molar-refractivity contribution in [3.8, 4) is 0 Å². The molecule has 0 aliphatic carbocycles. The molecule has 0 aliphatic rings. The minimum atomic E-state index is -0.540. The van der Waals surface area contributed by atoms with E-state index >= 15 is 0 Å². The maximum Gasteiger partial charge on any atom is 0.408 e. The van der Waals surface area contributed by atoms with Crippen molar-refractivity contribution < 1.29 is 13.9 Å². The summed E-state index contributed by atoms with van der Waals surface area (Å²) in [6.07, 6.45) is 0.398. The van der Waals surface area contributed by atoms with Crippen molar-refractivity contribution in [1.29, 1.82) is 0 Å². The summed E-state index contributed by atoms with van der Waals surface area (Å²) in [5.41, 5.74) is -0.540. The summed E-state index contributed by atoms with van der Waals surface area (Å²) in [7, 11) is 0. The van der Waals surface area contributed by atoms with E-state index in [0.717, 1.165) is 12.2 Å². The van der Waals surface area contributed by atoms with E-state index in [2.05, 4.69) is 15.5 Å². The number of carbonyl (C=O) groups excluding carboxylic acids is 1. The third-order valence-electron chi connectivity index (χ3n) is 2.84. The molecule has 120 valence electrons. The van der Waals surface area contributed by atoms with Crippen LogP contribution in [0, 0.1) is 5.92 Å². The monoisotopic (exact) mass is 315 g/mol. The Morgan fingerprint density at radius 1 is 1.38 bits per heavy atom. The van der Waals surface area contributed by atoms with Gasteiger partial charge in [0, 0.05) is 0 Å². The molecule has 0 saturated carbocycles. The van der Waals surface area contributed by atoms with E-state index in [4.69, 9.17) is 9.15 Å². The Kier molecular flexibility index (Phi) is 6.51. The molecule has 0 spiro atoms. The third kappa shape index (κ3) is 5.95. The number of nitrogens with one attached hydrogen (secondary N) is 1. The molecule has 6 nitrogen and oxygen atoms in total. The quantitative estimate of drug-likeness (QED) is 0.805. The summed E-state index contributed by atoms with van der Waals surface area (Å²) >= 11 is 1.48. The van der Waals surface area contributed by atoms with Crippen molar-refractivity contribution in [2.45, 2.75) is 64.8 Å². The molecule has 1 rings (SSSR count). The van der Waals surface area contributed by atoms with Crippen molar-refractivity contribution in [3.05, 3.63) is 5.89 Å². The lowest BCUT2D eigenvalue weighted by atomic mass is 9.99. The zero-order chi connectivity index (χ0) is 16.0. The lowest BCUT2D eigenvalue weighted by Crippen LogP contribution is -2.37. The summed E-state index contributed by atoms with van der Waals surface area (Å²) in [5.74, 6) is 1.44. The lowest BCUT2D eigenvalue weighted by molar-refractivity contribution is 0.0474. The molecule has 2 unspecified atom stereocenters. The summed E-state index contributed by atoms with van der Waals surface area (Å²) in [5, 5.41) is 11.4. The molecule has 1 aromatic heterocycles. The molecule has 21 heavy (non-hydrogen) atoms. The summed E-state index contributed by atoms with van der Waals surface area (Å²) in [4.78, 5) is 12.0. The number of hydrogen-bond donors (Lipinski definition) is 1. The van der Waals surface area contributed by atoms with E-state index in [1.165, 1.54) is 11.8 Å². The van der Waals surface area contributed by atoms with Crippen molar-refractivity contribution in [2.24, 2.45) is 5.92 Å². The molecule has 2 atom stereocenters. The third-order valence-corrected chi connectivity index (χ3v) is 3.54. The fourth-order valence-electron chi connectivity index (χ4n) is 1.65. The Morgan fingerprint density at radius 3 is 2.57 bits per heavy atom. The minimum Gasteiger partial charge on any atom is -0.444 e. The first kappa shape index (κ1) is 17.8. The van der Waals surface area contributed by atoms with E-state index in [-0.39, 0.29) is 12.0 Å². The average molecular weight is 315 g/mol. The number of alkyl carbamates (subject to hydrolysis) is 1. The van der Waals surface area contributed by atoms with Gasteiger partial charge in [-0.3, -0.25) is 0 Å². The number of ether oxygens (including phenoxy) is 1. The highest BCUT2D eigenvalue weighted by atomic mass is 32.2. The first-order chi connectivity index (χ1) is 9.76. The van der Waals surface area contributed by atoms with Gasteiger partial charge < -0.3 is 14.5 Å². The van der Waals surface area contributed by atoms with Gasteiger partial charge in [-0.2, -0.15) is 0 Å². The second kappa shape index (κ2) is 7.68. The fourth-order valence-corrected chi connectivity index (χ4v) is 2.14. The highest BCUT2D eigenvalue weighted by molar-refractivity contribution is 7.99. The van der Waals surface area contributed by atoms with Crippen LogP contribution >= 0.6 is 11.8 Å². The van der Waals surface area contributed by atoms with Gasteiger partial charge in [0.05, 0.1) is 0 Å². The van der Waals surface area contributed by atoms with E-state index < -0.39 is 11.7 Å². The summed E-state index contributed by atoms with van der Waals surface area (Å²) in [6, 6.07) is -0.344. The standard InChI is InChI=1S/C14H25N3O3S/c1-7-9(3)10(15-12(18)20-14(4,5)6)11-16-17-13(19-11)21-8-2/h9-10H,7-8H2,1-6H3,(H,15,18). The van der Waals surface area contributed by atoms with E-state index in [0.29, 0.717) is 11.1 Å². The van der Waals surface area contributed by atoms with E-state index in [9.17, 15) is 4.79 Å². The summed E-state index contributed by atoms with van der Waals surface area (Å²) < 4.78 is 10.9. The van der Waals surface area contributed by atoms with Gasteiger partial charge in [0.15, 0.2) is 0 Å². The number of thioether (sulfide) groups is 1. The van der Waals surface area contributed by atoms with Gasteiger partial charge in [-0.1, -0.05) is 39.0 Å². The van der Waals surface area contributed by atoms with Gasteiger partial charge >= 0.3 is 6.09 Å². The number of nitrogens with zero attached hydrogens (tertiary/aromatic N) is 2. The topological polar surface area (TPSA) is 77.2 Å². The molecule has 1 aromatic rings. The number of carbonyl (C=O) groups is 1. The van der Waals surface area contributed by atoms with Crippen LogP contribution in [0.2, 0.25) is 0 Å². The highest BCUT2D eigenvalue weighted by Crippen LogP contribution is 2.26. The highest BCUT2D eigenvalue weighted by Gasteiger charge is 2.28. The second-order valence-electron chi connectivity index (χ2n) is 5.85. The lowest BCUT2D eigenvalue weighted by Gasteiger charge is -2.24. The fraction of sp³-hybridized carbons (Fsp3) is 0.786. The Morgan fingerprint density at radius 2 is 2.05 bits per heavy atom. The van der Waals surface area contributed by atoms with Gasteiger partial charge in [-0.25, -0.2) is 4.79 Å². The molecular weight excluding hydrogens is 290 g/mol. The van der Waals surface area contributed by atoms with Gasteiger partial charge in [-0.05, 0) is 32.4 Å². The maximum atomic E-state index is 12.0. The molecule has 0 bridgehead atoms. The minimum absolute atomic E-state index is 0.164. The van der Waals surface area contributed by atoms with Crippen molar-refractivity contribution >= 4 is 17.9 Å². The van der Waals surface area contributed by atoms with Crippen LogP contribution in [-0.2, 0) is 4.74 Å². The predicted molar refractivity (Wildman–Crippen MR) is 82.3 cm³/mol. The predicted octanol–water partition coefficient (Wildman–Crippen LogP) is 3.79. The van der Waals surface area contributed by atoms with Crippen LogP contribution in [0.5, 0.6) is 0 Å². The van der Waals surface area contributed by atoms with Crippen molar-refractivity contribution in [1.82, 2.24) is 15.5 Å². The Hall–Kier alpha value is -1.24. The zero-order valence-electron chi connectivity index (χ0n) is 13.6. The molecule has 0 aliphatic heterocycles. The molecule has 0 radical (unpaired) electrons. The first-order valence-electron chi connectivity index (χ1n) is 7.22. The molecule has 0 aromatic carbocycles. The first-order valence-corrected chi connectivity index (χ1v) is 8.21. The number of hydrogen-bond acceptors (Lipinski definition) is 6. The van der Waals surface area contributed by atoms with E-state index in [1.807, 2.05) is 41.5 Å².